The van der Waals surface area contributed by atoms with E-state index in [1.807, 2.05) is 5.32 Å². The second kappa shape index (κ2) is 8.96. The van der Waals surface area contributed by atoms with Crippen LogP contribution in [0.1, 0.15) is 5.56 Å². The summed E-state index contributed by atoms with van der Waals surface area (Å²) in [6.45, 7) is -1.28. The summed E-state index contributed by atoms with van der Waals surface area (Å²) in [7, 11) is 0. The fraction of sp³-hybridized carbons (Fsp3) is 0.176. The lowest BCUT2D eigenvalue weighted by Gasteiger charge is -2.14. The highest BCUT2D eigenvalue weighted by Crippen LogP contribution is 2.36. The van der Waals surface area contributed by atoms with Gasteiger partial charge in [0, 0.05) is 10.0 Å². The molecule has 5 nitrogen and oxygen atoms in total. The summed E-state index contributed by atoms with van der Waals surface area (Å²) in [5.74, 6) is -1.50. The summed E-state index contributed by atoms with van der Waals surface area (Å²) in [4.78, 5) is 23.3. The number of amides is 1. The number of alkyl halides is 3. The van der Waals surface area contributed by atoms with Crippen molar-refractivity contribution >= 4 is 40.8 Å². The first-order chi connectivity index (χ1) is 12.6. The molecular weight excluding hydrogens is 410 g/mol. The maximum absolute atomic E-state index is 13.0. The average Bonchev–Trinajstić information content (AvgIpc) is 2.59. The maximum Gasteiger partial charge on any atom is 0.418 e. The van der Waals surface area contributed by atoms with Crippen LogP contribution in [-0.2, 0) is 20.5 Å². The molecule has 0 saturated carbocycles. The van der Waals surface area contributed by atoms with Crippen LogP contribution >= 0.6 is 23.2 Å². The van der Waals surface area contributed by atoms with Crippen molar-refractivity contribution in [1.82, 2.24) is 0 Å². The van der Waals surface area contributed by atoms with Crippen LogP contribution in [0.5, 0.6) is 5.75 Å². The Bertz CT molecular complexity index is 843. The molecule has 0 spiro atoms. The zero-order valence-electron chi connectivity index (χ0n) is 13.5. The van der Waals surface area contributed by atoms with Crippen molar-refractivity contribution < 1.29 is 32.2 Å². The largest absolute Gasteiger partial charge is 0.482 e. The first kappa shape index (κ1) is 20.9. The van der Waals surface area contributed by atoms with Crippen molar-refractivity contribution in [3.63, 3.8) is 0 Å². The minimum absolute atomic E-state index is 0.134. The maximum atomic E-state index is 13.0. The second-order valence-corrected chi connectivity index (χ2v) is 6.02. The van der Waals surface area contributed by atoms with E-state index < -0.39 is 42.5 Å². The number of hydrogen-bond acceptors (Lipinski definition) is 4. The van der Waals surface area contributed by atoms with Crippen molar-refractivity contribution in [2.75, 3.05) is 18.5 Å². The lowest BCUT2D eigenvalue weighted by molar-refractivity contribution is -0.149. The second-order valence-electron chi connectivity index (χ2n) is 5.14. The van der Waals surface area contributed by atoms with E-state index in [0.29, 0.717) is 16.8 Å². The van der Waals surface area contributed by atoms with Crippen molar-refractivity contribution in [2.45, 2.75) is 6.18 Å². The Morgan fingerprint density at radius 3 is 2.37 bits per heavy atom. The highest BCUT2D eigenvalue weighted by molar-refractivity contribution is 6.31. The molecule has 144 valence electrons. The highest BCUT2D eigenvalue weighted by atomic mass is 35.5. The van der Waals surface area contributed by atoms with Gasteiger partial charge in [-0.15, -0.1) is 0 Å². The van der Waals surface area contributed by atoms with Gasteiger partial charge in [-0.1, -0.05) is 29.3 Å². The van der Waals surface area contributed by atoms with Crippen molar-refractivity contribution in [2.24, 2.45) is 0 Å². The fourth-order valence-corrected chi connectivity index (χ4v) is 2.29. The van der Waals surface area contributed by atoms with Crippen LogP contribution in [0.3, 0.4) is 0 Å². The van der Waals surface area contributed by atoms with Crippen LogP contribution in [0.2, 0.25) is 10.0 Å². The zero-order chi connectivity index (χ0) is 20.0. The van der Waals surface area contributed by atoms with Crippen LogP contribution in [0.4, 0.5) is 18.9 Å². The van der Waals surface area contributed by atoms with Gasteiger partial charge in [0.05, 0.1) is 11.3 Å². The quantitative estimate of drug-likeness (QED) is 0.693. The molecular formula is C17H12Cl2F3NO4. The number of benzene rings is 2. The molecule has 0 aliphatic rings. The van der Waals surface area contributed by atoms with Crippen LogP contribution in [0.25, 0.3) is 0 Å². The molecule has 0 fully saturated rings. The standard InChI is InChI=1S/C17H12Cl2F3NO4/c18-10-2-1-3-12(6-10)26-9-16(25)27-8-15(24)23-14-5-4-11(19)7-13(14)17(20,21)22/h1-7H,8-9H2,(H,23,24). The third kappa shape index (κ3) is 6.65. The summed E-state index contributed by atoms with van der Waals surface area (Å²) in [6, 6.07) is 9.14. The van der Waals surface area contributed by atoms with Crippen LogP contribution < -0.4 is 10.1 Å². The number of halogens is 5. The molecule has 2 rings (SSSR count). The summed E-state index contributed by atoms with van der Waals surface area (Å²) in [6.07, 6.45) is -4.71. The predicted octanol–water partition coefficient (Wildman–Crippen LogP) is 4.57. The van der Waals surface area contributed by atoms with Gasteiger partial charge < -0.3 is 14.8 Å². The molecule has 27 heavy (non-hydrogen) atoms. The van der Waals surface area contributed by atoms with Crippen LogP contribution in [0.15, 0.2) is 42.5 Å². The third-order valence-electron chi connectivity index (χ3n) is 3.08. The van der Waals surface area contributed by atoms with E-state index in [0.717, 1.165) is 6.07 Å². The topological polar surface area (TPSA) is 64.6 Å². The van der Waals surface area contributed by atoms with E-state index in [-0.39, 0.29) is 5.02 Å². The predicted molar refractivity (Wildman–Crippen MR) is 93.0 cm³/mol. The number of nitrogens with one attached hydrogen (secondary N) is 1. The molecule has 0 aromatic heterocycles. The van der Waals surface area contributed by atoms with E-state index in [4.69, 9.17) is 27.9 Å². The molecule has 10 heteroatoms. The Morgan fingerprint density at radius 1 is 1.00 bits per heavy atom. The molecule has 1 amide bonds. The average molecular weight is 422 g/mol. The van der Waals surface area contributed by atoms with Gasteiger partial charge in [-0.2, -0.15) is 13.2 Å². The van der Waals surface area contributed by atoms with Crippen molar-refractivity contribution in [3.8, 4) is 5.75 Å². The first-order valence-corrected chi connectivity index (χ1v) is 8.11. The smallest absolute Gasteiger partial charge is 0.418 e. The Labute approximate surface area is 162 Å². The molecule has 1 N–H and O–H groups in total. The van der Waals surface area contributed by atoms with E-state index >= 15 is 0 Å². The monoisotopic (exact) mass is 421 g/mol. The third-order valence-corrected chi connectivity index (χ3v) is 3.55. The lowest BCUT2D eigenvalue weighted by Crippen LogP contribution is -2.24. The van der Waals surface area contributed by atoms with Gasteiger partial charge >= 0.3 is 12.1 Å². The number of carbonyl (C=O) groups is 2. The molecule has 0 aliphatic carbocycles. The summed E-state index contributed by atoms with van der Waals surface area (Å²) in [5.41, 5.74) is -1.61. The Hall–Kier alpha value is -2.45. The zero-order valence-corrected chi connectivity index (χ0v) is 15.0. The molecule has 0 unspecified atom stereocenters. The highest BCUT2D eigenvalue weighted by Gasteiger charge is 2.34. The molecule has 2 aromatic carbocycles. The SMILES string of the molecule is O=C(COC(=O)COc1cccc(Cl)c1)Nc1ccc(Cl)cc1C(F)(F)F. The van der Waals surface area contributed by atoms with E-state index in [1.165, 1.54) is 12.1 Å². The molecule has 0 bridgehead atoms. The van der Waals surface area contributed by atoms with Crippen LogP contribution in [0, 0.1) is 0 Å². The van der Waals surface area contributed by atoms with Crippen LogP contribution in [-0.4, -0.2) is 25.1 Å². The number of rotatable bonds is 6. The van der Waals surface area contributed by atoms with E-state index in [1.54, 1.807) is 18.2 Å². The van der Waals surface area contributed by atoms with Crippen molar-refractivity contribution in [1.29, 1.82) is 0 Å². The summed E-state index contributed by atoms with van der Waals surface area (Å²) in [5, 5.41) is 2.30. The van der Waals surface area contributed by atoms with Gasteiger partial charge in [0.15, 0.2) is 13.2 Å². The van der Waals surface area contributed by atoms with Gasteiger partial charge in [-0.05, 0) is 36.4 Å². The number of carbonyl (C=O) groups excluding carboxylic acids is 2. The molecule has 0 aliphatic heterocycles. The Morgan fingerprint density at radius 2 is 1.70 bits per heavy atom. The first-order valence-electron chi connectivity index (χ1n) is 7.36. The number of anilines is 1. The Balaban J connectivity index is 1.87. The number of esters is 1. The molecule has 0 radical (unpaired) electrons. The minimum Gasteiger partial charge on any atom is -0.482 e. The van der Waals surface area contributed by atoms with Gasteiger partial charge in [0.1, 0.15) is 5.75 Å². The Kier molecular flexibility index (Phi) is 6.92. The van der Waals surface area contributed by atoms with Gasteiger partial charge in [0.2, 0.25) is 0 Å². The van der Waals surface area contributed by atoms with Gasteiger partial charge in [0.25, 0.3) is 5.91 Å². The van der Waals surface area contributed by atoms with Crippen molar-refractivity contribution in [3.05, 3.63) is 58.1 Å². The number of hydrogen-bond donors (Lipinski definition) is 1. The summed E-state index contributed by atoms with van der Waals surface area (Å²) >= 11 is 11.3. The summed E-state index contributed by atoms with van der Waals surface area (Å²) < 4.78 is 48.7. The molecule has 0 heterocycles. The molecule has 2 aromatic rings. The fourth-order valence-electron chi connectivity index (χ4n) is 1.93. The number of ether oxygens (including phenoxy) is 2. The molecule has 0 saturated heterocycles. The van der Waals surface area contributed by atoms with Gasteiger partial charge in [-0.3, -0.25) is 4.79 Å². The van der Waals surface area contributed by atoms with E-state index in [2.05, 4.69) is 4.74 Å². The van der Waals surface area contributed by atoms with E-state index in [9.17, 15) is 22.8 Å². The lowest BCUT2D eigenvalue weighted by atomic mass is 10.1. The molecule has 0 atom stereocenters. The normalized spacial score (nSPS) is 11.0. The minimum atomic E-state index is -4.71. The van der Waals surface area contributed by atoms with Gasteiger partial charge in [-0.25, -0.2) is 4.79 Å².